The molecule has 0 aliphatic rings. The van der Waals surface area contributed by atoms with Gasteiger partial charge in [0.1, 0.15) is 11.5 Å². The Morgan fingerprint density at radius 1 is 1.23 bits per heavy atom. The number of thiazole rings is 1. The SMILES string of the molecule is CCNC(=NCc1ccc(OC)cc1OC)NCCc1csc(C)n1.I. The summed E-state index contributed by atoms with van der Waals surface area (Å²) in [6.45, 7) is 6.19. The molecule has 8 heteroatoms. The number of ether oxygens (including phenoxy) is 2. The van der Waals surface area contributed by atoms with Crippen molar-refractivity contribution in [3.63, 3.8) is 0 Å². The van der Waals surface area contributed by atoms with Gasteiger partial charge in [0.05, 0.1) is 31.5 Å². The number of guanidine groups is 1. The van der Waals surface area contributed by atoms with Gasteiger partial charge in [-0.3, -0.25) is 0 Å². The van der Waals surface area contributed by atoms with Crippen molar-refractivity contribution < 1.29 is 9.47 Å². The van der Waals surface area contributed by atoms with E-state index >= 15 is 0 Å². The summed E-state index contributed by atoms with van der Waals surface area (Å²) in [5, 5.41) is 9.81. The van der Waals surface area contributed by atoms with Gasteiger partial charge in [0, 0.05) is 36.5 Å². The molecule has 0 amide bonds. The Hall–Kier alpha value is -1.55. The lowest BCUT2D eigenvalue weighted by Crippen LogP contribution is -2.38. The van der Waals surface area contributed by atoms with Crippen LogP contribution in [-0.4, -0.2) is 38.3 Å². The van der Waals surface area contributed by atoms with Gasteiger partial charge in [-0.25, -0.2) is 9.98 Å². The number of halogens is 1. The highest BCUT2D eigenvalue weighted by atomic mass is 127. The van der Waals surface area contributed by atoms with Crippen molar-refractivity contribution in [2.24, 2.45) is 4.99 Å². The first-order chi connectivity index (χ1) is 12.2. The quantitative estimate of drug-likeness (QED) is 0.338. The minimum absolute atomic E-state index is 0. The summed E-state index contributed by atoms with van der Waals surface area (Å²) < 4.78 is 10.7. The van der Waals surface area contributed by atoms with E-state index in [9.17, 15) is 0 Å². The first-order valence-corrected chi connectivity index (χ1v) is 9.18. The second-order valence-electron chi connectivity index (χ2n) is 5.41. The molecule has 0 saturated carbocycles. The number of aliphatic imine (C=N–C) groups is 1. The van der Waals surface area contributed by atoms with Gasteiger partial charge in [-0.05, 0) is 26.0 Å². The van der Waals surface area contributed by atoms with Gasteiger partial charge in [-0.15, -0.1) is 35.3 Å². The highest BCUT2D eigenvalue weighted by Gasteiger charge is 2.06. The molecule has 1 heterocycles. The van der Waals surface area contributed by atoms with Gasteiger partial charge in [0.25, 0.3) is 0 Å². The molecule has 0 spiro atoms. The van der Waals surface area contributed by atoms with E-state index in [1.54, 1.807) is 25.6 Å². The Kier molecular flexibility index (Phi) is 10.3. The third-order valence-electron chi connectivity index (χ3n) is 3.59. The van der Waals surface area contributed by atoms with E-state index in [1.165, 1.54) is 0 Å². The van der Waals surface area contributed by atoms with Crippen LogP contribution in [0.1, 0.15) is 23.2 Å². The molecule has 144 valence electrons. The zero-order valence-corrected chi connectivity index (χ0v) is 18.8. The second kappa shape index (κ2) is 11.9. The predicted molar refractivity (Wildman–Crippen MR) is 118 cm³/mol. The monoisotopic (exact) mass is 490 g/mol. The highest BCUT2D eigenvalue weighted by molar-refractivity contribution is 14.0. The molecule has 2 N–H and O–H groups in total. The average Bonchev–Trinajstić information content (AvgIpc) is 3.04. The van der Waals surface area contributed by atoms with Crippen LogP contribution >= 0.6 is 35.3 Å². The fraction of sp³-hybridized carbons (Fsp3) is 0.444. The molecule has 0 fully saturated rings. The molecule has 2 rings (SSSR count). The number of benzene rings is 1. The third-order valence-corrected chi connectivity index (χ3v) is 4.41. The number of aryl methyl sites for hydroxylation is 1. The Morgan fingerprint density at radius 2 is 2.04 bits per heavy atom. The first kappa shape index (κ1) is 22.5. The largest absolute Gasteiger partial charge is 0.497 e. The maximum atomic E-state index is 5.42. The van der Waals surface area contributed by atoms with Crippen LogP contribution < -0.4 is 20.1 Å². The number of hydrogen-bond donors (Lipinski definition) is 2. The fourth-order valence-corrected chi connectivity index (χ4v) is 2.97. The molecule has 0 unspecified atom stereocenters. The van der Waals surface area contributed by atoms with Gasteiger partial charge in [0.2, 0.25) is 0 Å². The van der Waals surface area contributed by atoms with Crippen LogP contribution in [0.5, 0.6) is 11.5 Å². The molecule has 2 aromatic rings. The Morgan fingerprint density at radius 3 is 2.65 bits per heavy atom. The van der Waals surface area contributed by atoms with Crippen molar-refractivity contribution in [1.29, 1.82) is 0 Å². The summed E-state index contributed by atoms with van der Waals surface area (Å²) >= 11 is 1.68. The van der Waals surface area contributed by atoms with Gasteiger partial charge in [-0.1, -0.05) is 0 Å². The number of methoxy groups -OCH3 is 2. The normalized spacial score (nSPS) is 10.8. The minimum atomic E-state index is 0. The van der Waals surface area contributed by atoms with Gasteiger partial charge < -0.3 is 20.1 Å². The van der Waals surface area contributed by atoms with Gasteiger partial charge in [0.15, 0.2) is 5.96 Å². The Balaban J connectivity index is 0.00000338. The maximum absolute atomic E-state index is 5.42. The van der Waals surface area contributed by atoms with Crippen LogP contribution in [0.15, 0.2) is 28.6 Å². The predicted octanol–water partition coefficient (Wildman–Crippen LogP) is 3.38. The van der Waals surface area contributed by atoms with Crippen LogP contribution in [-0.2, 0) is 13.0 Å². The molecular weight excluding hydrogens is 463 g/mol. The maximum Gasteiger partial charge on any atom is 0.191 e. The van der Waals surface area contributed by atoms with Crippen molar-refractivity contribution in [1.82, 2.24) is 15.6 Å². The summed E-state index contributed by atoms with van der Waals surface area (Å²) in [5.74, 6) is 2.33. The molecule has 0 radical (unpaired) electrons. The highest BCUT2D eigenvalue weighted by Crippen LogP contribution is 2.25. The smallest absolute Gasteiger partial charge is 0.191 e. The van der Waals surface area contributed by atoms with Crippen LogP contribution in [0.25, 0.3) is 0 Å². The van der Waals surface area contributed by atoms with Gasteiger partial charge >= 0.3 is 0 Å². The van der Waals surface area contributed by atoms with Crippen molar-refractivity contribution in [2.75, 3.05) is 27.3 Å². The molecule has 1 aromatic carbocycles. The summed E-state index contributed by atoms with van der Waals surface area (Å²) in [7, 11) is 3.30. The summed E-state index contributed by atoms with van der Waals surface area (Å²) in [6.07, 6.45) is 0.876. The van der Waals surface area contributed by atoms with E-state index in [1.807, 2.05) is 25.1 Å². The third kappa shape index (κ3) is 6.99. The molecule has 0 aliphatic carbocycles. The molecule has 6 nitrogen and oxygen atoms in total. The fourth-order valence-electron chi connectivity index (χ4n) is 2.32. The number of nitrogens with one attached hydrogen (secondary N) is 2. The summed E-state index contributed by atoms with van der Waals surface area (Å²) in [6, 6.07) is 5.76. The van der Waals surface area contributed by atoms with Crippen LogP contribution in [0.2, 0.25) is 0 Å². The number of hydrogen-bond acceptors (Lipinski definition) is 5. The Labute approximate surface area is 176 Å². The lowest BCUT2D eigenvalue weighted by Gasteiger charge is -2.12. The molecular formula is C18H27IN4O2S. The van der Waals surface area contributed by atoms with Crippen molar-refractivity contribution in [3.05, 3.63) is 39.8 Å². The van der Waals surface area contributed by atoms with Crippen LogP contribution in [0.3, 0.4) is 0 Å². The molecule has 26 heavy (non-hydrogen) atoms. The molecule has 0 aliphatic heterocycles. The molecule has 1 aromatic heterocycles. The first-order valence-electron chi connectivity index (χ1n) is 8.30. The van der Waals surface area contributed by atoms with Crippen LogP contribution in [0.4, 0.5) is 0 Å². The van der Waals surface area contributed by atoms with Gasteiger partial charge in [-0.2, -0.15) is 0 Å². The van der Waals surface area contributed by atoms with Crippen molar-refractivity contribution in [3.8, 4) is 11.5 Å². The van der Waals surface area contributed by atoms with E-state index in [4.69, 9.17) is 9.47 Å². The van der Waals surface area contributed by atoms with E-state index in [-0.39, 0.29) is 24.0 Å². The molecule has 0 saturated heterocycles. The zero-order chi connectivity index (χ0) is 18.1. The lowest BCUT2D eigenvalue weighted by atomic mass is 10.2. The van der Waals surface area contributed by atoms with E-state index in [0.717, 1.165) is 53.2 Å². The number of rotatable bonds is 8. The standard InChI is InChI=1S/C18H26N4O2S.HI/c1-5-19-18(20-9-8-15-12-25-13(2)22-15)21-11-14-6-7-16(23-3)10-17(14)24-4;/h6-7,10,12H,5,8-9,11H2,1-4H3,(H2,19,20,21);1H. The number of aromatic nitrogens is 1. The zero-order valence-electron chi connectivity index (χ0n) is 15.7. The van der Waals surface area contributed by atoms with Crippen molar-refractivity contribution >= 4 is 41.3 Å². The average molecular weight is 490 g/mol. The van der Waals surface area contributed by atoms with Crippen LogP contribution in [0, 0.1) is 6.92 Å². The van der Waals surface area contributed by atoms with Crippen molar-refractivity contribution in [2.45, 2.75) is 26.8 Å². The minimum Gasteiger partial charge on any atom is -0.497 e. The summed E-state index contributed by atoms with van der Waals surface area (Å²) in [4.78, 5) is 9.12. The van der Waals surface area contributed by atoms with E-state index < -0.39 is 0 Å². The molecule has 0 bridgehead atoms. The topological polar surface area (TPSA) is 67.8 Å². The van der Waals surface area contributed by atoms with E-state index in [2.05, 4.69) is 32.9 Å². The number of nitrogens with zero attached hydrogens (tertiary/aromatic N) is 2. The Bertz CT molecular complexity index is 706. The second-order valence-corrected chi connectivity index (χ2v) is 6.47. The lowest BCUT2D eigenvalue weighted by molar-refractivity contribution is 0.391. The molecule has 0 atom stereocenters. The summed E-state index contributed by atoms with van der Waals surface area (Å²) in [5.41, 5.74) is 2.12. The van der Waals surface area contributed by atoms with E-state index in [0.29, 0.717) is 6.54 Å².